The molecule has 0 fully saturated rings. The van der Waals surface area contributed by atoms with Crippen molar-refractivity contribution in [3.05, 3.63) is 42.3 Å². The van der Waals surface area contributed by atoms with E-state index in [0.717, 1.165) is 22.8 Å². The lowest BCUT2D eigenvalue weighted by molar-refractivity contribution is 0.587. The number of benzene rings is 1. The maximum Gasteiger partial charge on any atom is 0.172 e. The normalized spacial score (nSPS) is 10.9. The summed E-state index contributed by atoms with van der Waals surface area (Å²) in [6.07, 6.45) is 1.55. The average molecular weight is 260 g/mol. The van der Waals surface area contributed by atoms with Crippen LogP contribution >= 0.6 is 11.8 Å². The first-order chi connectivity index (χ1) is 8.72. The highest BCUT2D eigenvalue weighted by Gasteiger charge is 2.09. The molecule has 0 atom stereocenters. The molecule has 0 aliphatic heterocycles. The molecular formula is C12H9FN4S. The number of nitrogens with one attached hydrogen (secondary N) is 1. The molecule has 0 saturated heterocycles. The van der Waals surface area contributed by atoms with Gasteiger partial charge >= 0.3 is 0 Å². The van der Waals surface area contributed by atoms with Crippen molar-refractivity contribution in [2.45, 2.75) is 10.2 Å². The standard InChI is InChI=1S/C12H9FN4S/c13-8-2-1-5-15-11(8)18-12-16-9-4-3-7(14)6-10(9)17-12/h1-6H,14H2,(H,16,17). The number of fused-ring (bicyclic) bond motifs is 1. The number of hydrogen-bond acceptors (Lipinski definition) is 4. The highest BCUT2D eigenvalue weighted by Crippen LogP contribution is 2.27. The summed E-state index contributed by atoms with van der Waals surface area (Å²) in [6.45, 7) is 0. The summed E-state index contributed by atoms with van der Waals surface area (Å²) >= 11 is 1.15. The highest BCUT2D eigenvalue weighted by molar-refractivity contribution is 7.99. The van der Waals surface area contributed by atoms with Crippen LogP contribution in [0.3, 0.4) is 0 Å². The van der Waals surface area contributed by atoms with Gasteiger partial charge in [-0.05, 0) is 42.1 Å². The van der Waals surface area contributed by atoms with Gasteiger partial charge in [-0.3, -0.25) is 0 Å². The van der Waals surface area contributed by atoms with Crippen LogP contribution in [0.1, 0.15) is 0 Å². The van der Waals surface area contributed by atoms with E-state index < -0.39 is 0 Å². The molecule has 1 aromatic carbocycles. The maximum atomic E-state index is 13.4. The van der Waals surface area contributed by atoms with Crippen molar-refractivity contribution in [1.82, 2.24) is 15.0 Å². The first-order valence-electron chi connectivity index (χ1n) is 5.26. The van der Waals surface area contributed by atoms with E-state index in [1.807, 2.05) is 6.07 Å². The summed E-state index contributed by atoms with van der Waals surface area (Å²) < 4.78 is 13.4. The lowest BCUT2D eigenvalue weighted by atomic mass is 10.3. The number of nitrogen functional groups attached to an aromatic ring is 1. The predicted octanol–water partition coefficient (Wildman–Crippen LogP) is 2.83. The lowest BCUT2D eigenvalue weighted by Gasteiger charge is -1.97. The fraction of sp³-hybridized carbons (Fsp3) is 0. The summed E-state index contributed by atoms with van der Waals surface area (Å²) in [5, 5.41) is 0.887. The zero-order valence-corrected chi connectivity index (χ0v) is 10.0. The van der Waals surface area contributed by atoms with Crippen LogP contribution in [-0.2, 0) is 0 Å². The van der Waals surface area contributed by atoms with Gasteiger partial charge < -0.3 is 10.7 Å². The number of halogens is 1. The van der Waals surface area contributed by atoms with E-state index in [2.05, 4.69) is 15.0 Å². The number of nitrogens with two attached hydrogens (primary N) is 1. The minimum Gasteiger partial charge on any atom is -0.399 e. The molecule has 6 heteroatoms. The van der Waals surface area contributed by atoms with Crippen LogP contribution in [0.5, 0.6) is 0 Å². The average Bonchev–Trinajstić information content (AvgIpc) is 2.73. The van der Waals surface area contributed by atoms with Crippen LogP contribution in [0, 0.1) is 5.82 Å². The number of nitrogens with zero attached hydrogens (tertiary/aromatic N) is 2. The van der Waals surface area contributed by atoms with Gasteiger partial charge in [-0.15, -0.1) is 0 Å². The molecule has 0 radical (unpaired) electrons. The second kappa shape index (κ2) is 4.30. The molecule has 90 valence electrons. The van der Waals surface area contributed by atoms with E-state index in [-0.39, 0.29) is 5.82 Å². The van der Waals surface area contributed by atoms with Gasteiger partial charge in [0.05, 0.1) is 11.0 Å². The fourth-order valence-corrected chi connectivity index (χ4v) is 2.36. The second-order valence-electron chi connectivity index (χ2n) is 3.71. The van der Waals surface area contributed by atoms with Crippen LogP contribution in [0.2, 0.25) is 0 Å². The third-order valence-electron chi connectivity index (χ3n) is 2.40. The first-order valence-corrected chi connectivity index (χ1v) is 6.07. The summed E-state index contributed by atoms with van der Waals surface area (Å²) in [5.41, 5.74) is 7.96. The summed E-state index contributed by atoms with van der Waals surface area (Å²) in [6, 6.07) is 8.31. The molecule has 3 N–H and O–H groups in total. The van der Waals surface area contributed by atoms with Gasteiger partial charge in [0.2, 0.25) is 0 Å². The Morgan fingerprint density at radius 3 is 3.00 bits per heavy atom. The Labute approximate surface area is 106 Å². The minimum atomic E-state index is -0.359. The summed E-state index contributed by atoms with van der Waals surface area (Å²) in [5.74, 6) is -0.359. The molecule has 3 aromatic rings. The van der Waals surface area contributed by atoms with Gasteiger partial charge in [0, 0.05) is 11.9 Å². The molecule has 0 spiro atoms. The van der Waals surface area contributed by atoms with Crippen LogP contribution in [0.25, 0.3) is 11.0 Å². The van der Waals surface area contributed by atoms with Crippen LogP contribution in [0.15, 0.2) is 46.7 Å². The van der Waals surface area contributed by atoms with Crippen molar-refractivity contribution >= 4 is 28.5 Å². The van der Waals surface area contributed by atoms with Crippen LogP contribution in [-0.4, -0.2) is 15.0 Å². The predicted molar refractivity (Wildman–Crippen MR) is 68.8 cm³/mol. The molecule has 0 aliphatic rings. The quantitative estimate of drug-likeness (QED) is 0.695. The molecule has 2 heterocycles. The Hall–Kier alpha value is -2.08. The molecule has 0 saturated carbocycles. The van der Waals surface area contributed by atoms with E-state index >= 15 is 0 Å². The minimum absolute atomic E-state index is 0.296. The number of aromatic nitrogens is 3. The van der Waals surface area contributed by atoms with Gasteiger partial charge in [0.15, 0.2) is 11.0 Å². The van der Waals surface area contributed by atoms with E-state index in [1.165, 1.54) is 6.07 Å². The largest absolute Gasteiger partial charge is 0.399 e. The Morgan fingerprint density at radius 2 is 2.17 bits per heavy atom. The topological polar surface area (TPSA) is 67.6 Å². The molecule has 0 unspecified atom stereocenters. The smallest absolute Gasteiger partial charge is 0.172 e. The zero-order chi connectivity index (χ0) is 12.5. The van der Waals surface area contributed by atoms with E-state index in [0.29, 0.717) is 15.9 Å². The lowest BCUT2D eigenvalue weighted by Crippen LogP contribution is -1.85. The van der Waals surface area contributed by atoms with E-state index in [9.17, 15) is 4.39 Å². The fourth-order valence-electron chi connectivity index (χ4n) is 1.59. The molecule has 0 bridgehead atoms. The maximum absolute atomic E-state index is 13.4. The Bertz CT molecular complexity index is 710. The Morgan fingerprint density at radius 1 is 1.28 bits per heavy atom. The zero-order valence-electron chi connectivity index (χ0n) is 9.22. The molecule has 0 aliphatic carbocycles. The van der Waals surface area contributed by atoms with Crippen molar-refractivity contribution < 1.29 is 4.39 Å². The third-order valence-corrected chi connectivity index (χ3v) is 3.28. The molecule has 4 nitrogen and oxygen atoms in total. The molecule has 3 rings (SSSR count). The number of aromatic amines is 1. The third kappa shape index (κ3) is 2.02. The van der Waals surface area contributed by atoms with Crippen molar-refractivity contribution in [3.63, 3.8) is 0 Å². The number of imidazole rings is 1. The van der Waals surface area contributed by atoms with Crippen molar-refractivity contribution in [2.24, 2.45) is 0 Å². The van der Waals surface area contributed by atoms with E-state index in [1.54, 1.807) is 24.4 Å². The van der Waals surface area contributed by atoms with Crippen LogP contribution < -0.4 is 5.73 Å². The van der Waals surface area contributed by atoms with Gasteiger partial charge in [-0.2, -0.15) is 0 Å². The summed E-state index contributed by atoms with van der Waals surface area (Å²) in [4.78, 5) is 11.4. The van der Waals surface area contributed by atoms with Crippen molar-refractivity contribution in [2.75, 3.05) is 5.73 Å². The van der Waals surface area contributed by atoms with Gasteiger partial charge in [0.25, 0.3) is 0 Å². The van der Waals surface area contributed by atoms with Gasteiger partial charge in [-0.1, -0.05) is 0 Å². The Kier molecular flexibility index (Phi) is 2.64. The summed E-state index contributed by atoms with van der Waals surface area (Å²) in [7, 11) is 0. The number of pyridine rings is 1. The highest BCUT2D eigenvalue weighted by atomic mass is 32.2. The number of H-pyrrole nitrogens is 1. The number of anilines is 1. The van der Waals surface area contributed by atoms with Gasteiger partial charge in [-0.25, -0.2) is 14.4 Å². The number of hydrogen-bond donors (Lipinski definition) is 2. The number of rotatable bonds is 2. The second-order valence-corrected chi connectivity index (χ2v) is 4.69. The Balaban J connectivity index is 1.98. The van der Waals surface area contributed by atoms with Crippen molar-refractivity contribution in [1.29, 1.82) is 0 Å². The molecular weight excluding hydrogens is 251 g/mol. The molecule has 18 heavy (non-hydrogen) atoms. The van der Waals surface area contributed by atoms with E-state index in [4.69, 9.17) is 5.73 Å². The first kappa shape index (κ1) is 11.0. The SMILES string of the molecule is Nc1ccc2nc(Sc3ncccc3F)[nH]c2c1. The molecule has 0 amide bonds. The van der Waals surface area contributed by atoms with Crippen LogP contribution in [0.4, 0.5) is 10.1 Å². The van der Waals surface area contributed by atoms with Gasteiger partial charge in [0.1, 0.15) is 5.03 Å². The molecule has 2 aromatic heterocycles. The monoisotopic (exact) mass is 260 g/mol. The van der Waals surface area contributed by atoms with Crippen molar-refractivity contribution in [3.8, 4) is 0 Å².